The van der Waals surface area contributed by atoms with Crippen LogP contribution in [0.2, 0.25) is 0 Å². The summed E-state index contributed by atoms with van der Waals surface area (Å²) in [6, 6.07) is 12.5. The van der Waals surface area contributed by atoms with Crippen LogP contribution in [-0.2, 0) is 9.59 Å². The molecule has 124 valence electrons. The van der Waals surface area contributed by atoms with Crippen molar-refractivity contribution in [1.82, 2.24) is 0 Å². The van der Waals surface area contributed by atoms with Gasteiger partial charge in [-0.05, 0) is 49.2 Å². The number of hydrogen-bond donors (Lipinski definition) is 1. The monoisotopic (exact) mass is 324 g/mol. The van der Waals surface area contributed by atoms with Crippen molar-refractivity contribution in [3.8, 4) is 5.75 Å². The number of rotatable bonds is 4. The number of methoxy groups -OCH3 is 1. The van der Waals surface area contributed by atoms with E-state index in [1.165, 1.54) is 12.0 Å². The second-order valence-corrected chi connectivity index (χ2v) is 6.02. The largest absolute Gasteiger partial charge is 0.495 e. The number of anilines is 2. The molecule has 0 saturated carbocycles. The van der Waals surface area contributed by atoms with E-state index in [9.17, 15) is 9.59 Å². The van der Waals surface area contributed by atoms with Crippen molar-refractivity contribution in [2.24, 2.45) is 0 Å². The first-order valence-corrected chi connectivity index (χ1v) is 7.84. The van der Waals surface area contributed by atoms with Gasteiger partial charge >= 0.3 is 0 Å². The van der Waals surface area contributed by atoms with Gasteiger partial charge in [0, 0.05) is 5.69 Å². The van der Waals surface area contributed by atoms with Crippen molar-refractivity contribution in [3.05, 3.63) is 53.6 Å². The van der Waals surface area contributed by atoms with Gasteiger partial charge < -0.3 is 10.1 Å². The summed E-state index contributed by atoms with van der Waals surface area (Å²) in [7, 11) is 1.52. The van der Waals surface area contributed by atoms with Crippen LogP contribution in [-0.4, -0.2) is 25.0 Å². The van der Waals surface area contributed by atoms with Crippen LogP contribution in [0.4, 0.5) is 11.4 Å². The van der Waals surface area contributed by atoms with E-state index in [1.807, 2.05) is 26.0 Å². The molecule has 1 aliphatic rings. The fraction of sp³-hybridized carbons (Fsp3) is 0.263. The third-order valence-corrected chi connectivity index (χ3v) is 4.04. The Morgan fingerprint density at radius 3 is 2.42 bits per heavy atom. The highest BCUT2D eigenvalue weighted by molar-refractivity contribution is 6.23. The minimum absolute atomic E-state index is 0.129. The van der Waals surface area contributed by atoms with Gasteiger partial charge in [-0.15, -0.1) is 0 Å². The van der Waals surface area contributed by atoms with E-state index in [4.69, 9.17) is 4.74 Å². The smallest absolute Gasteiger partial charge is 0.256 e. The van der Waals surface area contributed by atoms with Crippen LogP contribution in [0.3, 0.4) is 0 Å². The van der Waals surface area contributed by atoms with Crippen LogP contribution in [0, 0.1) is 13.8 Å². The van der Waals surface area contributed by atoms with E-state index in [2.05, 4.69) is 11.4 Å². The third-order valence-electron chi connectivity index (χ3n) is 4.04. The van der Waals surface area contributed by atoms with E-state index in [-0.39, 0.29) is 18.2 Å². The second-order valence-electron chi connectivity index (χ2n) is 6.02. The quantitative estimate of drug-likeness (QED) is 0.878. The first-order chi connectivity index (χ1) is 11.5. The molecule has 1 unspecified atom stereocenters. The molecule has 1 N–H and O–H groups in total. The lowest BCUT2D eigenvalue weighted by Gasteiger charge is -2.18. The van der Waals surface area contributed by atoms with E-state index >= 15 is 0 Å². The van der Waals surface area contributed by atoms with E-state index in [1.54, 1.807) is 24.3 Å². The normalized spacial score (nSPS) is 17.3. The summed E-state index contributed by atoms with van der Waals surface area (Å²) in [4.78, 5) is 26.4. The van der Waals surface area contributed by atoms with Crippen molar-refractivity contribution in [1.29, 1.82) is 0 Å². The average Bonchev–Trinajstić information content (AvgIpc) is 2.80. The number of benzene rings is 2. The SMILES string of the molecule is COc1ccccc1N1C(=O)CC(Nc2cc(C)cc(C)c2)C1=O. The van der Waals surface area contributed by atoms with Crippen LogP contribution < -0.4 is 15.0 Å². The van der Waals surface area contributed by atoms with Gasteiger partial charge in [0.15, 0.2) is 0 Å². The Hall–Kier alpha value is -2.82. The van der Waals surface area contributed by atoms with Gasteiger partial charge in [-0.2, -0.15) is 0 Å². The molecule has 0 aliphatic carbocycles. The summed E-state index contributed by atoms with van der Waals surface area (Å²) in [6.07, 6.45) is 0.129. The van der Waals surface area contributed by atoms with E-state index in [0.717, 1.165) is 16.8 Å². The molecule has 2 amide bonds. The Kier molecular flexibility index (Phi) is 4.25. The van der Waals surface area contributed by atoms with E-state index < -0.39 is 6.04 Å². The maximum atomic E-state index is 12.7. The van der Waals surface area contributed by atoms with Gasteiger partial charge in [0.05, 0.1) is 19.2 Å². The number of nitrogens with zero attached hydrogens (tertiary/aromatic N) is 1. The number of amides is 2. The molecule has 1 saturated heterocycles. The van der Waals surface area contributed by atoms with Gasteiger partial charge in [-0.25, -0.2) is 4.90 Å². The number of carbonyl (C=O) groups excluding carboxylic acids is 2. The van der Waals surface area contributed by atoms with Crippen LogP contribution in [0.15, 0.2) is 42.5 Å². The molecule has 5 heteroatoms. The number of imide groups is 1. The number of nitrogens with one attached hydrogen (secondary N) is 1. The van der Waals surface area contributed by atoms with Gasteiger partial charge in [0.2, 0.25) is 5.91 Å². The summed E-state index contributed by atoms with van der Waals surface area (Å²) >= 11 is 0. The number of ether oxygens (including phenoxy) is 1. The maximum Gasteiger partial charge on any atom is 0.256 e. The molecular weight excluding hydrogens is 304 g/mol. The molecule has 0 aromatic heterocycles. The summed E-state index contributed by atoms with van der Waals surface area (Å²) in [6.45, 7) is 4.00. The zero-order chi connectivity index (χ0) is 17.3. The molecule has 1 fully saturated rings. The zero-order valence-corrected chi connectivity index (χ0v) is 14.0. The van der Waals surface area contributed by atoms with Crippen molar-refractivity contribution in [2.45, 2.75) is 26.3 Å². The summed E-state index contributed by atoms with van der Waals surface area (Å²) in [5, 5.41) is 3.19. The maximum absolute atomic E-state index is 12.7. The summed E-state index contributed by atoms with van der Waals surface area (Å²) in [5.74, 6) is 0.0151. The van der Waals surface area contributed by atoms with Gasteiger partial charge in [0.1, 0.15) is 11.8 Å². The number of para-hydroxylation sites is 2. The fourth-order valence-corrected chi connectivity index (χ4v) is 3.07. The molecule has 0 spiro atoms. The number of hydrogen-bond acceptors (Lipinski definition) is 4. The molecule has 1 atom stereocenters. The van der Waals surface area contributed by atoms with Crippen molar-refractivity contribution in [2.75, 3.05) is 17.3 Å². The molecule has 1 heterocycles. The lowest BCUT2D eigenvalue weighted by Crippen LogP contribution is -2.35. The highest BCUT2D eigenvalue weighted by Gasteiger charge is 2.40. The van der Waals surface area contributed by atoms with Gasteiger partial charge in [-0.3, -0.25) is 9.59 Å². The standard InChI is InChI=1S/C19H20N2O3/c1-12-8-13(2)10-14(9-12)20-15-11-18(22)21(19(15)23)16-6-4-5-7-17(16)24-3/h4-10,15,20H,11H2,1-3H3. The summed E-state index contributed by atoms with van der Waals surface area (Å²) < 4.78 is 5.27. The lowest BCUT2D eigenvalue weighted by atomic mass is 10.1. The lowest BCUT2D eigenvalue weighted by molar-refractivity contribution is -0.121. The predicted molar refractivity (Wildman–Crippen MR) is 93.4 cm³/mol. The number of aryl methyl sites for hydroxylation is 2. The molecule has 2 aromatic rings. The second kappa shape index (κ2) is 6.35. The van der Waals surface area contributed by atoms with Gasteiger partial charge in [-0.1, -0.05) is 18.2 Å². The fourth-order valence-electron chi connectivity index (χ4n) is 3.07. The highest BCUT2D eigenvalue weighted by Crippen LogP contribution is 2.32. The van der Waals surface area contributed by atoms with Crippen LogP contribution >= 0.6 is 0 Å². The molecule has 1 aliphatic heterocycles. The van der Waals surface area contributed by atoms with Crippen molar-refractivity contribution < 1.29 is 14.3 Å². The Morgan fingerprint density at radius 1 is 1.08 bits per heavy atom. The molecule has 0 radical (unpaired) electrons. The Labute approximate surface area is 141 Å². The molecule has 3 rings (SSSR count). The average molecular weight is 324 g/mol. The molecule has 24 heavy (non-hydrogen) atoms. The predicted octanol–water partition coefficient (Wildman–Crippen LogP) is 3.06. The first-order valence-electron chi connectivity index (χ1n) is 7.84. The summed E-state index contributed by atoms with van der Waals surface area (Å²) in [5.41, 5.74) is 3.55. The van der Waals surface area contributed by atoms with Crippen LogP contribution in [0.1, 0.15) is 17.5 Å². The van der Waals surface area contributed by atoms with Crippen molar-refractivity contribution in [3.63, 3.8) is 0 Å². The minimum Gasteiger partial charge on any atom is -0.495 e. The molecule has 5 nitrogen and oxygen atoms in total. The Balaban J connectivity index is 1.86. The highest BCUT2D eigenvalue weighted by atomic mass is 16.5. The van der Waals surface area contributed by atoms with Gasteiger partial charge in [0.25, 0.3) is 5.91 Å². The van der Waals surface area contributed by atoms with Crippen LogP contribution in [0.5, 0.6) is 5.75 Å². The number of carbonyl (C=O) groups is 2. The van der Waals surface area contributed by atoms with Crippen LogP contribution in [0.25, 0.3) is 0 Å². The molecule has 0 bridgehead atoms. The third kappa shape index (κ3) is 2.97. The minimum atomic E-state index is -0.566. The Bertz CT molecular complexity index is 781. The molecule has 2 aromatic carbocycles. The van der Waals surface area contributed by atoms with Crippen molar-refractivity contribution >= 4 is 23.2 Å². The first kappa shape index (κ1) is 16.1. The Morgan fingerprint density at radius 2 is 1.75 bits per heavy atom. The zero-order valence-electron chi connectivity index (χ0n) is 14.0. The topological polar surface area (TPSA) is 58.6 Å². The molecular formula is C19H20N2O3. The van der Waals surface area contributed by atoms with E-state index in [0.29, 0.717) is 11.4 Å².